The summed E-state index contributed by atoms with van der Waals surface area (Å²) in [6.07, 6.45) is -1.09. The van der Waals surface area contributed by atoms with Gasteiger partial charge in [0.05, 0.1) is 16.6 Å². The summed E-state index contributed by atoms with van der Waals surface area (Å²) in [5.41, 5.74) is -2.30. The average Bonchev–Trinajstić information content (AvgIpc) is 3.16. The molecule has 0 unspecified atom stereocenters. The van der Waals surface area contributed by atoms with Gasteiger partial charge in [0.1, 0.15) is 11.2 Å². The molecular weight excluding hydrogens is 465 g/mol. The topological polar surface area (TPSA) is 140 Å². The second-order valence-electron chi connectivity index (χ2n) is 6.08. The van der Waals surface area contributed by atoms with Gasteiger partial charge in [-0.05, 0) is 25.1 Å². The Balaban J connectivity index is 1.95. The van der Waals surface area contributed by atoms with Crippen LogP contribution in [-0.4, -0.2) is 43.6 Å². The van der Waals surface area contributed by atoms with E-state index in [4.69, 9.17) is 11.6 Å². The van der Waals surface area contributed by atoms with Crippen molar-refractivity contribution < 1.29 is 30.9 Å². The van der Waals surface area contributed by atoms with E-state index in [-0.39, 0.29) is 11.8 Å². The molecular formula is C16H12ClF3N6O4S. The molecule has 1 atom stereocenters. The smallest absolute Gasteiger partial charge is 0.342 e. The standard InChI is InChI=1S/C16H12ClF3N6O4S/c1-8(13-23-7-24-26(13)15-21-3-2-4-22-15)25-14(27)9-5-10(17)12(16(18,19)20)11(6-9)31(28,29)30/h2-8H,1H3,(H,25,27)(H,28,29,30)/t8-/m0/s1. The molecule has 3 rings (SSSR count). The molecule has 0 saturated heterocycles. The number of amides is 1. The lowest BCUT2D eigenvalue weighted by Crippen LogP contribution is -2.29. The van der Waals surface area contributed by atoms with Crippen molar-refractivity contribution in [3.8, 4) is 5.95 Å². The van der Waals surface area contributed by atoms with E-state index in [9.17, 15) is 30.9 Å². The van der Waals surface area contributed by atoms with Crippen LogP contribution >= 0.6 is 11.6 Å². The molecule has 2 heterocycles. The molecule has 3 aromatic rings. The van der Waals surface area contributed by atoms with Crippen LogP contribution in [0, 0.1) is 0 Å². The van der Waals surface area contributed by atoms with Crippen LogP contribution in [0.25, 0.3) is 5.95 Å². The Labute approximate surface area is 177 Å². The van der Waals surface area contributed by atoms with Crippen molar-refractivity contribution >= 4 is 27.6 Å². The molecule has 0 radical (unpaired) electrons. The van der Waals surface area contributed by atoms with Gasteiger partial charge in [0.25, 0.3) is 22.0 Å². The fraction of sp³-hybridized carbons (Fsp3) is 0.188. The number of aromatic nitrogens is 5. The zero-order valence-corrected chi connectivity index (χ0v) is 16.9. The maximum atomic E-state index is 13.2. The summed E-state index contributed by atoms with van der Waals surface area (Å²) in [5.74, 6) is -0.633. The molecule has 164 valence electrons. The van der Waals surface area contributed by atoms with Crippen LogP contribution in [0.3, 0.4) is 0 Å². The highest BCUT2D eigenvalue weighted by Gasteiger charge is 2.40. The van der Waals surface area contributed by atoms with Gasteiger partial charge in [0, 0.05) is 18.0 Å². The first-order valence-electron chi connectivity index (χ1n) is 8.26. The van der Waals surface area contributed by atoms with E-state index in [1.54, 1.807) is 6.07 Å². The second-order valence-corrected chi connectivity index (χ2v) is 7.88. The molecule has 0 bridgehead atoms. The number of carbonyl (C=O) groups is 1. The molecule has 2 aromatic heterocycles. The number of nitrogens with one attached hydrogen (secondary N) is 1. The summed E-state index contributed by atoms with van der Waals surface area (Å²) in [6, 6.07) is 1.75. The van der Waals surface area contributed by atoms with Crippen molar-refractivity contribution in [2.75, 3.05) is 0 Å². The van der Waals surface area contributed by atoms with Gasteiger partial charge in [0.15, 0.2) is 5.82 Å². The largest absolute Gasteiger partial charge is 0.419 e. The summed E-state index contributed by atoms with van der Waals surface area (Å²) in [6.45, 7) is 1.50. The van der Waals surface area contributed by atoms with Crippen molar-refractivity contribution in [1.29, 1.82) is 0 Å². The number of nitrogens with zero attached hydrogens (tertiary/aromatic N) is 5. The van der Waals surface area contributed by atoms with E-state index in [2.05, 4.69) is 25.4 Å². The molecule has 10 nitrogen and oxygen atoms in total. The summed E-state index contributed by atoms with van der Waals surface area (Å²) in [5, 5.41) is 5.33. The first-order chi connectivity index (χ1) is 14.4. The van der Waals surface area contributed by atoms with Crippen LogP contribution in [0.2, 0.25) is 5.02 Å². The van der Waals surface area contributed by atoms with Gasteiger partial charge in [-0.25, -0.2) is 15.0 Å². The molecule has 0 saturated carbocycles. The highest BCUT2D eigenvalue weighted by molar-refractivity contribution is 7.85. The highest BCUT2D eigenvalue weighted by Crippen LogP contribution is 2.39. The monoisotopic (exact) mass is 476 g/mol. The fourth-order valence-electron chi connectivity index (χ4n) is 2.64. The van der Waals surface area contributed by atoms with Crippen LogP contribution in [-0.2, 0) is 16.3 Å². The van der Waals surface area contributed by atoms with Crippen molar-refractivity contribution in [1.82, 2.24) is 30.0 Å². The van der Waals surface area contributed by atoms with Crippen molar-refractivity contribution in [3.63, 3.8) is 0 Å². The minimum atomic E-state index is -5.34. The van der Waals surface area contributed by atoms with Crippen LogP contribution in [0.1, 0.15) is 34.7 Å². The molecule has 0 fully saturated rings. The van der Waals surface area contributed by atoms with Gasteiger partial charge < -0.3 is 5.32 Å². The molecule has 0 spiro atoms. The van der Waals surface area contributed by atoms with E-state index >= 15 is 0 Å². The zero-order chi connectivity index (χ0) is 23.0. The number of carbonyl (C=O) groups excluding carboxylic acids is 1. The highest BCUT2D eigenvalue weighted by atomic mass is 35.5. The van der Waals surface area contributed by atoms with Crippen molar-refractivity contribution in [2.24, 2.45) is 0 Å². The van der Waals surface area contributed by atoms with Crippen LogP contribution in [0.5, 0.6) is 0 Å². The Bertz CT molecular complexity index is 1230. The van der Waals surface area contributed by atoms with E-state index in [1.165, 1.54) is 30.3 Å². The Morgan fingerprint density at radius 2 is 1.87 bits per heavy atom. The Morgan fingerprint density at radius 1 is 1.23 bits per heavy atom. The van der Waals surface area contributed by atoms with E-state index in [0.29, 0.717) is 12.1 Å². The molecule has 31 heavy (non-hydrogen) atoms. The number of hydrogen-bond donors (Lipinski definition) is 2. The first-order valence-corrected chi connectivity index (χ1v) is 10.1. The molecule has 0 aliphatic carbocycles. The van der Waals surface area contributed by atoms with Crippen LogP contribution < -0.4 is 5.32 Å². The minimum Gasteiger partial charge on any atom is -0.342 e. The summed E-state index contributed by atoms with van der Waals surface area (Å²) < 4.78 is 72.9. The third-order valence-corrected chi connectivity index (χ3v) is 5.10. The summed E-state index contributed by atoms with van der Waals surface area (Å²) >= 11 is 5.59. The zero-order valence-electron chi connectivity index (χ0n) is 15.4. The van der Waals surface area contributed by atoms with Gasteiger partial charge in [-0.15, -0.1) is 0 Å². The quantitative estimate of drug-likeness (QED) is 0.535. The second kappa shape index (κ2) is 8.20. The lowest BCUT2D eigenvalue weighted by molar-refractivity contribution is -0.139. The molecule has 0 aliphatic heterocycles. The fourth-order valence-corrected chi connectivity index (χ4v) is 3.78. The SMILES string of the molecule is C[C@H](NC(=O)c1cc(Cl)c(C(F)(F)F)c(S(=O)(=O)O)c1)c1ncnn1-c1ncccn1. The third-order valence-electron chi connectivity index (χ3n) is 3.93. The lowest BCUT2D eigenvalue weighted by Gasteiger charge is -2.17. The predicted octanol–water partition coefficient (Wildman–Crippen LogP) is 2.47. The molecule has 15 heteroatoms. The number of halogens is 4. The summed E-state index contributed by atoms with van der Waals surface area (Å²) in [4.78, 5) is 23.1. The maximum absolute atomic E-state index is 13.2. The van der Waals surface area contributed by atoms with Crippen LogP contribution in [0.15, 0.2) is 41.8 Å². The van der Waals surface area contributed by atoms with E-state index < -0.39 is 49.3 Å². The number of alkyl halides is 3. The van der Waals surface area contributed by atoms with Gasteiger partial charge in [0.2, 0.25) is 0 Å². The average molecular weight is 477 g/mol. The Morgan fingerprint density at radius 3 is 2.45 bits per heavy atom. The van der Waals surface area contributed by atoms with Gasteiger partial charge in [-0.2, -0.15) is 31.4 Å². The summed E-state index contributed by atoms with van der Waals surface area (Å²) in [7, 11) is -5.34. The first kappa shape index (κ1) is 22.6. The molecule has 2 N–H and O–H groups in total. The number of rotatable bonds is 5. The third kappa shape index (κ3) is 4.81. The maximum Gasteiger partial charge on any atom is 0.419 e. The number of hydrogen-bond acceptors (Lipinski definition) is 7. The number of benzene rings is 1. The van der Waals surface area contributed by atoms with Gasteiger partial charge in [-0.1, -0.05) is 11.6 Å². The van der Waals surface area contributed by atoms with Crippen molar-refractivity contribution in [2.45, 2.75) is 24.0 Å². The van der Waals surface area contributed by atoms with Gasteiger partial charge in [-0.3, -0.25) is 9.35 Å². The van der Waals surface area contributed by atoms with E-state index in [1.807, 2.05) is 0 Å². The minimum absolute atomic E-state index is 0.155. The van der Waals surface area contributed by atoms with Crippen LogP contribution in [0.4, 0.5) is 13.2 Å². The normalized spacial score (nSPS) is 13.1. The van der Waals surface area contributed by atoms with Gasteiger partial charge >= 0.3 is 6.18 Å². The molecule has 1 amide bonds. The van der Waals surface area contributed by atoms with E-state index in [0.717, 1.165) is 0 Å². The van der Waals surface area contributed by atoms with Crippen molar-refractivity contribution in [3.05, 3.63) is 58.9 Å². The predicted molar refractivity (Wildman–Crippen MR) is 99.1 cm³/mol. The molecule has 1 aromatic carbocycles. The molecule has 0 aliphatic rings. The lowest BCUT2D eigenvalue weighted by atomic mass is 10.1. The Hall–Kier alpha value is -3.10. The Kier molecular flexibility index (Phi) is 5.98.